The highest BCUT2D eigenvalue weighted by atomic mass is 35.5. The Bertz CT molecular complexity index is 1120. The summed E-state index contributed by atoms with van der Waals surface area (Å²) < 4.78 is 49.2. The SMILES string of the molecule is CCCCNC(=O)c1c(NC)nc(Oc2cccc(OC(F)(F)F)c2)n1Cc1ccc(Cl)cc1. The fourth-order valence-corrected chi connectivity index (χ4v) is 3.26. The van der Waals surface area contributed by atoms with E-state index >= 15 is 0 Å². The zero-order valence-electron chi connectivity index (χ0n) is 18.6. The summed E-state index contributed by atoms with van der Waals surface area (Å²) in [5.41, 5.74) is 1.04. The first kappa shape index (κ1) is 25.2. The molecule has 1 heterocycles. The lowest BCUT2D eigenvalue weighted by molar-refractivity contribution is -0.274. The van der Waals surface area contributed by atoms with Gasteiger partial charge in [0.1, 0.15) is 11.5 Å². The van der Waals surface area contributed by atoms with Crippen molar-refractivity contribution in [2.24, 2.45) is 0 Å². The fourth-order valence-electron chi connectivity index (χ4n) is 3.14. The van der Waals surface area contributed by atoms with Crippen molar-refractivity contribution in [3.63, 3.8) is 0 Å². The number of hydrogen-bond acceptors (Lipinski definition) is 5. The lowest BCUT2D eigenvalue weighted by Crippen LogP contribution is -2.28. The molecular formula is C23H24ClF3N4O3. The van der Waals surface area contributed by atoms with Crippen molar-refractivity contribution >= 4 is 23.3 Å². The number of imidazole rings is 1. The predicted molar refractivity (Wildman–Crippen MR) is 123 cm³/mol. The van der Waals surface area contributed by atoms with Crippen LogP contribution in [-0.2, 0) is 6.54 Å². The number of ether oxygens (including phenoxy) is 2. The van der Waals surface area contributed by atoms with Gasteiger partial charge in [-0.1, -0.05) is 43.1 Å². The molecule has 0 saturated heterocycles. The van der Waals surface area contributed by atoms with Gasteiger partial charge < -0.3 is 20.1 Å². The Morgan fingerprint density at radius 1 is 1.15 bits per heavy atom. The fraction of sp³-hybridized carbons (Fsp3) is 0.304. The lowest BCUT2D eigenvalue weighted by Gasteiger charge is -2.14. The first-order valence-corrected chi connectivity index (χ1v) is 10.9. The maximum Gasteiger partial charge on any atom is 0.573 e. The highest BCUT2D eigenvalue weighted by molar-refractivity contribution is 6.30. The number of hydrogen-bond donors (Lipinski definition) is 2. The maximum absolute atomic E-state index is 13.0. The molecule has 2 N–H and O–H groups in total. The van der Waals surface area contributed by atoms with Crippen LogP contribution in [0, 0.1) is 0 Å². The number of rotatable bonds is 10. The second-order valence-corrected chi connectivity index (χ2v) is 7.72. The summed E-state index contributed by atoms with van der Waals surface area (Å²) in [6.45, 7) is 2.70. The van der Waals surface area contributed by atoms with Gasteiger partial charge in [0.25, 0.3) is 5.91 Å². The molecule has 0 aliphatic rings. The molecule has 0 aliphatic heterocycles. The highest BCUT2D eigenvalue weighted by Gasteiger charge is 2.31. The second-order valence-electron chi connectivity index (χ2n) is 7.29. The molecule has 1 aromatic heterocycles. The van der Waals surface area contributed by atoms with E-state index in [1.165, 1.54) is 12.1 Å². The van der Waals surface area contributed by atoms with Gasteiger partial charge in [-0.15, -0.1) is 13.2 Å². The summed E-state index contributed by atoms with van der Waals surface area (Å²) in [6, 6.07) is 12.1. The molecule has 7 nitrogen and oxygen atoms in total. The second kappa shape index (κ2) is 11.1. The number of nitrogens with one attached hydrogen (secondary N) is 2. The Hall–Kier alpha value is -3.40. The highest BCUT2D eigenvalue weighted by Crippen LogP contribution is 2.31. The van der Waals surface area contributed by atoms with Crippen LogP contribution in [0.4, 0.5) is 19.0 Å². The van der Waals surface area contributed by atoms with Crippen LogP contribution in [0.25, 0.3) is 0 Å². The smallest absolute Gasteiger partial charge is 0.425 e. The van der Waals surface area contributed by atoms with E-state index in [4.69, 9.17) is 16.3 Å². The van der Waals surface area contributed by atoms with E-state index in [0.29, 0.717) is 11.6 Å². The predicted octanol–water partition coefficient (Wildman–Crippen LogP) is 5.85. The number of carbonyl (C=O) groups is 1. The van der Waals surface area contributed by atoms with Crippen LogP contribution in [0.5, 0.6) is 17.5 Å². The van der Waals surface area contributed by atoms with Gasteiger partial charge in [-0.2, -0.15) is 4.98 Å². The molecule has 0 saturated carbocycles. The maximum atomic E-state index is 13.0. The van der Waals surface area contributed by atoms with Gasteiger partial charge in [0.05, 0.1) is 6.54 Å². The standard InChI is InChI=1S/C23H24ClF3N4O3/c1-3-4-12-29-21(32)19-20(28-2)30-22(31(19)14-15-8-10-16(24)11-9-15)33-17-6-5-7-18(13-17)34-23(25,26)27/h5-11,13,28H,3-4,12,14H2,1-2H3,(H,29,32). The van der Waals surface area contributed by atoms with Crippen LogP contribution in [0.3, 0.4) is 0 Å². The molecule has 2 aromatic carbocycles. The van der Waals surface area contributed by atoms with E-state index in [1.54, 1.807) is 35.9 Å². The molecule has 3 aromatic rings. The Balaban J connectivity index is 1.99. The first-order chi connectivity index (χ1) is 16.2. The summed E-state index contributed by atoms with van der Waals surface area (Å²) in [5.74, 6) is -0.471. The van der Waals surface area contributed by atoms with Crippen molar-refractivity contribution in [2.75, 3.05) is 18.9 Å². The van der Waals surface area contributed by atoms with Crippen molar-refractivity contribution in [3.05, 3.63) is 64.8 Å². The first-order valence-electron chi connectivity index (χ1n) is 10.5. The average molecular weight is 497 g/mol. The van der Waals surface area contributed by atoms with Gasteiger partial charge >= 0.3 is 12.4 Å². The molecule has 0 unspecified atom stereocenters. The third-order valence-corrected chi connectivity index (χ3v) is 4.95. The minimum atomic E-state index is -4.84. The number of nitrogens with zero attached hydrogens (tertiary/aromatic N) is 2. The van der Waals surface area contributed by atoms with Crippen molar-refractivity contribution in [3.8, 4) is 17.5 Å². The summed E-state index contributed by atoms with van der Waals surface area (Å²) >= 11 is 5.98. The molecular weight excluding hydrogens is 473 g/mol. The van der Waals surface area contributed by atoms with Crippen LogP contribution < -0.4 is 20.1 Å². The molecule has 0 spiro atoms. The Labute approximate surface area is 199 Å². The number of alkyl halides is 3. The summed E-state index contributed by atoms with van der Waals surface area (Å²) in [5, 5.41) is 6.30. The zero-order valence-corrected chi connectivity index (χ0v) is 19.3. The van der Waals surface area contributed by atoms with Crippen molar-refractivity contribution in [1.82, 2.24) is 14.9 Å². The van der Waals surface area contributed by atoms with Crippen LogP contribution in [-0.4, -0.2) is 35.4 Å². The molecule has 34 heavy (non-hydrogen) atoms. The van der Waals surface area contributed by atoms with Crippen molar-refractivity contribution < 1.29 is 27.4 Å². The van der Waals surface area contributed by atoms with Crippen molar-refractivity contribution in [1.29, 1.82) is 0 Å². The number of carbonyl (C=O) groups excluding carboxylic acids is 1. The summed E-state index contributed by atoms with van der Waals surface area (Å²) in [6.07, 6.45) is -3.12. The Kier molecular flexibility index (Phi) is 8.27. The van der Waals surface area contributed by atoms with Crippen LogP contribution in [0.15, 0.2) is 48.5 Å². The van der Waals surface area contributed by atoms with E-state index in [-0.39, 0.29) is 35.7 Å². The number of anilines is 1. The number of aromatic nitrogens is 2. The minimum Gasteiger partial charge on any atom is -0.425 e. The zero-order chi connectivity index (χ0) is 24.7. The number of unbranched alkanes of at least 4 members (excludes halogenated alkanes) is 1. The molecule has 0 radical (unpaired) electrons. The van der Waals surface area contributed by atoms with Gasteiger partial charge in [-0.25, -0.2) is 0 Å². The van der Waals surface area contributed by atoms with Crippen molar-refractivity contribution in [2.45, 2.75) is 32.7 Å². The minimum absolute atomic E-state index is 0.0177. The largest absolute Gasteiger partial charge is 0.573 e. The lowest BCUT2D eigenvalue weighted by atomic mass is 10.2. The van der Waals surface area contributed by atoms with Gasteiger partial charge in [0.2, 0.25) is 0 Å². The molecule has 0 fully saturated rings. The quantitative estimate of drug-likeness (QED) is 0.344. The van der Waals surface area contributed by atoms with Crippen LogP contribution >= 0.6 is 11.6 Å². The average Bonchev–Trinajstić information content (AvgIpc) is 3.11. The normalized spacial score (nSPS) is 11.2. The third kappa shape index (κ3) is 6.80. The molecule has 1 amide bonds. The third-order valence-electron chi connectivity index (χ3n) is 4.70. The Morgan fingerprint density at radius 3 is 2.50 bits per heavy atom. The van der Waals surface area contributed by atoms with E-state index in [9.17, 15) is 18.0 Å². The molecule has 0 bridgehead atoms. The van der Waals surface area contributed by atoms with E-state index in [0.717, 1.165) is 30.5 Å². The summed E-state index contributed by atoms with van der Waals surface area (Å²) in [4.78, 5) is 17.4. The Morgan fingerprint density at radius 2 is 1.85 bits per heavy atom. The number of halogens is 4. The van der Waals surface area contributed by atoms with Gasteiger partial charge in [0.15, 0.2) is 11.5 Å². The van der Waals surface area contributed by atoms with Gasteiger partial charge in [-0.05, 0) is 36.2 Å². The molecule has 182 valence electrons. The van der Waals surface area contributed by atoms with Gasteiger partial charge in [0, 0.05) is 24.7 Å². The monoisotopic (exact) mass is 496 g/mol. The van der Waals surface area contributed by atoms with Crippen LogP contribution in [0.1, 0.15) is 35.8 Å². The molecule has 0 aliphatic carbocycles. The van der Waals surface area contributed by atoms with E-state index in [1.807, 2.05) is 6.92 Å². The molecule has 3 rings (SSSR count). The van der Waals surface area contributed by atoms with Crippen LogP contribution in [0.2, 0.25) is 5.02 Å². The molecule has 0 atom stereocenters. The molecule has 11 heteroatoms. The summed E-state index contributed by atoms with van der Waals surface area (Å²) in [7, 11) is 1.61. The number of amides is 1. The number of benzene rings is 2. The van der Waals surface area contributed by atoms with Gasteiger partial charge in [-0.3, -0.25) is 9.36 Å². The van der Waals surface area contributed by atoms with E-state index < -0.39 is 12.1 Å². The van der Waals surface area contributed by atoms with E-state index in [2.05, 4.69) is 20.4 Å². The topological polar surface area (TPSA) is 77.4 Å².